The Kier molecular flexibility index (Phi) is 57.0. The van der Waals surface area contributed by atoms with E-state index in [1.54, 1.807) is 0 Å². The molecule has 0 rings (SSSR count). The molecule has 0 heterocycles. The lowest BCUT2D eigenvalue weighted by molar-refractivity contribution is -0.143. The summed E-state index contributed by atoms with van der Waals surface area (Å²) in [6, 6.07) is -0.543. The number of rotatable bonds is 58. The van der Waals surface area contributed by atoms with Gasteiger partial charge in [-0.3, -0.25) is 9.59 Å². The molecule has 2 unspecified atom stereocenters. The highest BCUT2D eigenvalue weighted by atomic mass is 16.5. The first-order chi connectivity index (χ1) is 33.5. The molecule has 0 saturated carbocycles. The van der Waals surface area contributed by atoms with Crippen LogP contribution in [0.25, 0.3) is 0 Å². The van der Waals surface area contributed by atoms with Crippen molar-refractivity contribution in [2.24, 2.45) is 0 Å². The van der Waals surface area contributed by atoms with Crippen LogP contribution in [0, 0.1) is 0 Å². The number of hydrogen-bond acceptors (Lipinski definition) is 5. The summed E-state index contributed by atoms with van der Waals surface area (Å²) in [5, 5.41) is 23.3. The molecule has 0 aliphatic rings. The van der Waals surface area contributed by atoms with Crippen LogP contribution in [0.4, 0.5) is 0 Å². The summed E-state index contributed by atoms with van der Waals surface area (Å²) in [5.74, 6) is -0.0292. The summed E-state index contributed by atoms with van der Waals surface area (Å²) in [6.07, 6.45) is 69.3. The lowest BCUT2D eigenvalue weighted by Gasteiger charge is -2.22. The molecular weight excluding hydrogens is 839 g/mol. The lowest BCUT2D eigenvalue weighted by atomic mass is 10.0. The first-order valence-corrected chi connectivity index (χ1v) is 30.9. The van der Waals surface area contributed by atoms with Gasteiger partial charge in [-0.2, -0.15) is 0 Å². The molecule has 0 spiro atoms. The molecule has 68 heavy (non-hydrogen) atoms. The van der Waals surface area contributed by atoms with E-state index in [4.69, 9.17) is 4.74 Å². The average Bonchev–Trinajstić information content (AvgIpc) is 3.34. The smallest absolute Gasteiger partial charge is 0.305 e. The molecule has 0 aliphatic carbocycles. The molecule has 3 N–H and O–H groups in total. The maximum absolute atomic E-state index is 12.5. The third-order valence-electron chi connectivity index (χ3n) is 14.6. The van der Waals surface area contributed by atoms with E-state index in [1.807, 2.05) is 0 Å². The number of carbonyl (C=O) groups excluding carboxylic acids is 2. The van der Waals surface area contributed by atoms with Crippen LogP contribution in [0.1, 0.15) is 348 Å². The number of unbranched alkanes of at least 4 members (excludes halogenated alkanes) is 45. The second-order valence-corrected chi connectivity index (χ2v) is 21.4. The van der Waals surface area contributed by atoms with Crippen molar-refractivity contribution < 1.29 is 24.5 Å². The normalized spacial score (nSPS) is 12.6. The van der Waals surface area contributed by atoms with Crippen molar-refractivity contribution in [2.75, 3.05) is 13.2 Å². The number of aliphatic hydroxyl groups excluding tert-OH is 2. The van der Waals surface area contributed by atoms with Crippen molar-refractivity contribution >= 4 is 11.9 Å². The van der Waals surface area contributed by atoms with Gasteiger partial charge in [-0.15, -0.1) is 0 Å². The van der Waals surface area contributed by atoms with Crippen LogP contribution >= 0.6 is 0 Å². The third kappa shape index (κ3) is 53.9. The second-order valence-electron chi connectivity index (χ2n) is 21.4. The van der Waals surface area contributed by atoms with Gasteiger partial charge in [0.05, 0.1) is 25.4 Å². The van der Waals surface area contributed by atoms with Crippen molar-refractivity contribution in [3.63, 3.8) is 0 Å². The van der Waals surface area contributed by atoms with Gasteiger partial charge in [0.1, 0.15) is 0 Å². The summed E-state index contributed by atoms with van der Waals surface area (Å²) in [5.41, 5.74) is 0. The van der Waals surface area contributed by atoms with Crippen molar-refractivity contribution in [1.82, 2.24) is 5.32 Å². The van der Waals surface area contributed by atoms with Crippen molar-refractivity contribution in [1.29, 1.82) is 0 Å². The highest BCUT2D eigenvalue weighted by Gasteiger charge is 2.20. The summed E-state index contributed by atoms with van der Waals surface area (Å²) >= 11 is 0. The van der Waals surface area contributed by atoms with Crippen LogP contribution in [0.15, 0.2) is 12.2 Å². The van der Waals surface area contributed by atoms with Crippen LogP contribution in [-0.4, -0.2) is 47.4 Å². The summed E-state index contributed by atoms with van der Waals surface area (Å²) in [4.78, 5) is 24.6. The fourth-order valence-corrected chi connectivity index (χ4v) is 9.81. The Hall–Kier alpha value is -1.40. The first kappa shape index (κ1) is 66.6. The van der Waals surface area contributed by atoms with E-state index < -0.39 is 12.1 Å². The van der Waals surface area contributed by atoms with E-state index >= 15 is 0 Å². The fraction of sp³-hybridized carbons (Fsp3) is 0.935. The molecule has 0 radical (unpaired) electrons. The van der Waals surface area contributed by atoms with Gasteiger partial charge in [-0.25, -0.2) is 0 Å². The van der Waals surface area contributed by atoms with Gasteiger partial charge in [-0.1, -0.05) is 296 Å². The highest BCUT2D eigenvalue weighted by Crippen LogP contribution is 2.18. The quantitative estimate of drug-likeness (QED) is 0.0321. The van der Waals surface area contributed by atoms with Gasteiger partial charge >= 0.3 is 5.97 Å². The molecule has 0 saturated heterocycles. The number of hydrogen-bond donors (Lipinski definition) is 3. The monoisotopic (exact) mass is 960 g/mol. The third-order valence-corrected chi connectivity index (χ3v) is 14.6. The van der Waals surface area contributed by atoms with Crippen molar-refractivity contribution in [2.45, 2.75) is 360 Å². The molecular formula is C62H121NO5. The summed E-state index contributed by atoms with van der Waals surface area (Å²) < 4.78 is 5.50. The van der Waals surface area contributed by atoms with Crippen molar-refractivity contribution in [3.8, 4) is 0 Å². The maximum atomic E-state index is 12.5. The Labute approximate surface area is 425 Å². The SMILES string of the molecule is CCCCCCCC/C=C\CCCCCCCCCCCC(=O)OCCCCCCCCCCCCCCCCCCCCC(=O)NC(CO)C(O)CCCCCCCCCCCCCCCC. The van der Waals surface area contributed by atoms with E-state index in [0.29, 0.717) is 25.9 Å². The van der Waals surface area contributed by atoms with E-state index in [0.717, 1.165) is 44.9 Å². The Morgan fingerprint density at radius 2 is 0.691 bits per heavy atom. The van der Waals surface area contributed by atoms with Gasteiger partial charge < -0.3 is 20.3 Å². The lowest BCUT2D eigenvalue weighted by Crippen LogP contribution is -2.45. The Balaban J connectivity index is 3.37. The number of aliphatic hydroxyl groups is 2. The Morgan fingerprint density at radius 1 is 0.397 bits per heavy atom. The molecule has 0 fully saturated rings. The fourth-order valence-electron chi connectivity index (χ4n) is 9.81. The minimum atomic E-state index is -0.666. The molecule has 6 nitrogen and oxygen atoms in total. The number of allylic oxidation sites excluding steroid dienone is 2. The molecule has 1 amide bonds. The zero-order chi connectivity index (χ0) is 49.3. The number of esters is 1. The molecule has 0 aliphatic heterocycles. The largest absolute Gasteiger partial charge is 0.466 e. The second kappa shape index (κ2) is 58.2. The minimum absolute atomic E-state index is 0.00772. The predicted octanol–water partition coefficient (Wildman–Crippen LogP) is 19.2. The first-order valence-electron chi connectivity index (χ1n) is 30.9. The maximum Gasteiger partial charge on any atom is 0.305 e. The van der Waals surface area contributed by atoms with Gasteiger partial charge in [0.25, 0.3) is 0 Å². The number of carbonyl (C=O) groups is 2. The molecule has 6 heteroatoms. The van der Waals surface area contributed by atoms with Crippen LogP contribution in [0.2, 0.25) is 0 Å². The van der Waals surface area contributed by atoms with Crippen molar-refractivity contribution in [3.05, 3.63) is 12.2 Å². The standard InChI is InChI=1S/C62H121NO5/c1-3-5-7-9-11-13-15-17-19-20-21-25-28-32-36-40-44-48-52-56-62(67)68-57-53-49-45-41-37-33-29-26-23-22-24-27-31-35-39-43-47-51-55-61(66)63-59(58-64)60(65)54-50-46-42-38-34-30-18-16-14-12-10-8-6-4-2/h17,19,59-60,64-65H,3-16,18,20-58H2,1-2H3,(H,63,66)/b19-17-. The molecule has 0 aromatic heterocycles. The Bertz CT molecular complexity index is 1020. The zero-order valence-corrected chi connectivity index (χ0v) is 46.1. The number of ether oxygens (including phenoxy) is 1. The van der Waals surface area contributed by atoms with Crippen LogP contribution in [0.3, 0.4) is 0 Å². The van der Waals surface area contributed by atoms with Gasteiger partial charge in [-0.05, 0) is 51.4 Å². The predicted molar refractivity (Wildman–Crippen MR) is 297 cm³/mol. The summed E-state index contributed by atoms with van der Waals surface area (Å²) in [6.45, 7) is 4.96. The van der Waals surface area contributed by atoms with Gasteiger partial charge in [0, 0.05) is 12.8 Å². The van der Waals surface area contributed by atoms with Crippen LogP contribution in [0.5, 0.6) is 0 Å². The molecule has 0 aromatic rings. The van der Waals surface area contributed by atoms with Gasteiger partial charge in [0.15, 0.2) is 0 Å². The van der Waals surface area contributed by atoms with E-state index in [9.17, 15) is 19.8 Å². The molecule has 0 aromatic carbocycles. The highest BCUT2D eigenvalue weighted by molar-refractivity contribution is 5.76. The number of nitrogens with one attached hydrogen (secondary N) is 1. The van der Waals surface area contributed by atoms with E-state index in [2.05, 4.69) is 31.3 Å². The minimum Gasteiger partial charge on any atom is -0.466 e. The zero-order valence-electron chi connectivity index (χ0n) is 46.1. The summed E-state index contributed by atoms with van der Waals surface area (Å²) in [7, 11) is 0. The van der Waals surface area contributed by atoms with E-state index in [-0.39, 0.29) is 18.5 Å². The van der Waals surface area contributed by atoms with Gasteiger partial charge in [0.2, 0.25) is 5.91 Å². The molecule has 0 bridgehead atoms. The molecule has 2 atom stereocenters. The topological polar surface area (TPSA) is 95.9 Å². The number of amides is 1. The van der Waals surface area contributed by atoms with Crippen LogP contribution < -0.4 is 5.32 Å². The van der Waals surface area contributed by atoms with Crippen LogP contribution in [-0.2, 0) is 14.3 Å². The van der Waals surface area contributed by atoms with E-state index in [1.165, 1.54) is 270 Å². The average molecular weight is 961 g/mol. The Morgan fingerprint density at radius 3 is 1.04 bits per heavy atom. The molecule has 404 valence electrons.